The summed E-state index contributed by atoms with van der Waals surface area (Å²) in [6.07, 6.45) is 0. The maximum absolute atomic E-state index is 10.8. The van der Waals surface area contributed by atoms with Crippen LogP contribution in [-0.2, 0) is 6.54 Å². The molecule has 2 rings (SSSR count). The summed E-state index contributed by atoms with van der Waals surface area (Å²) in [5.41, 5.74) is 7.48. The van der Waals surface area contributed by atoms with E-state index in [0.717, 1.165) is 18.7 Å². The molecule has 2 unspecified atom stereocenters. The van der Waals surface area contributed by atoms with Gasteiger partial charge in [-0.3, -0.25) is 15.0 Å². The Kier molecular flexibility index (Phi) is 3.52. The van der Waals surface area contributed by atoms with Crippen LogP contribution >= 0.6 is 0 Å². The Morgan fingerprint density at radius 2 is 2.00 bits per heavy atom. The van der Waals surface area contributed by atoms with E-state index in [1.54, 1.807) is 12.1 Å². The molecule has 1 heterocycles. The maximum atomic E-state index is 10.8. The van der Waals surface area contributed by atoms with Crippen molar-refractivity contribution >= 4 is 11.4 Å². The fourth-order valence-electron chi connectivity index (χ4n) is 2.46. The van der Waals surface area contributed by atoms with Gasteiger partial charge < -0.3 is 5.73 Å². The van der Waals surface area contributed by atoms with E-state index >= 15 is 0 Å². The first-order valence-electron chi connectivity index (χ1n) is 6.22. The molecule has 1 fully saturated rings. The summed E-state index contributed by atoms with van der Waals surface area (Å²) < 4.78 is 0. The van der Waals surface area contributed by atoms with Crippen molar-refractivity contribution in [1.82, 2.24) is 4.90 Å². The van der Waals surface area contributed by atoms with Gasteiger partial charge >= 0.3 is 0 Å². The second-order valence-electron chi connectivity index (χ2n) is 5.29. The summed E-state index contributed by atoms with van der Waals surface area (Å²) >= 11 is 0. The lowest BCUT2D eigenvalue weighted by atomic mass is 10.0. The number of nitro benzene ring substituents is 1. The van der Waals surface area contributed by atoms with Crippen LogP contribution in [0.2, 0.25) is 0 Å². The van der Waals surface area contributed by atoms with Gasteiger partial charge in [-0.15, -0.1) is 0 Å². The van der Waals surface area contributed by atoms with Crippen LogP contribution in [-0.4, -0.2) is 22.9 Å². The molecule has 1 aromatic carbocycles. The van der Waals surface area contributed by atoms with Gasteiger partial charge in [0.25, 0.3) is 5.69 Å². The summed E-state index contributed by atoms with van der Waals surface area (Å²) in [6, 6.07) is 4.66. The summed E-state index contributed by atoms with van der Waals surface area (Å²) in [7, 11) is 0. The molecule has 0 aliphatic carbocycles. The van der Waals surface area contributed by atoms with Crippen LogP contribution in [0, 0.1) is 22.0 Å². The van der Waals surface area contributed by atoms with Crippen molar-refractivity contribution < 1.29 is 4.92 Å². The predicted molar refractivity (Wildman–Crippen MR) is 71.1 cm³/mol. The second-order valence-corrected chi connectivity index (χ2v) is 5.29. The normalized spacial score (nSPS) is 24.3. The zero-order valence-electron chi connectivity index (χ0n) is 10.8. The van der Waals surface area contributed by atoms with Crippen LogP contribution in [0.25, 0.3) is 0 Å². The zero-order valence-corrected chi connectivity index (χ0v) is 10.8. The third kappa shape index (κ3) is 2.61. The van der Waals surface area contributed by atoms with E-state index in [4.69, 9.17) is 5.73 Å². The van der Waals surface area contributed by atoms with E-state index in [9.17, 15) is 10.1 Å². The molecular weight excluding hydrogens is 230 g/mol. The summed E-state index contributed by atoms with van der Waals surface area (Å²) in [4.78, 5) is 12.7. The number of nitrogens with two attached hydrogens (primary N) is 1. The Morgan fingerprint density at radius 1 is 1.39 bits per heavy atom. The molecule has 0 aromatic heterocycles. The van der Waals surface area contributed by atoms with Crippen molar-refractivity contribution in [2.24, 2.45) is 11.8 Å². The number of anilines is 1. The Hall–Kier alpha value is -1.62. The maximum Gasteiger partial charge on any atom is 0.269 e. The molecule has 18 heavy (non-hydrogen) atoms. The fourth-order valence-corrected chi connectivity index (χ4v) is 2.46. The molecule has 2 N–H and O–H groups in total. The van der Waals surface area contributed by atoms with Gasteiger partial charge in [-0.25, -0.2) is 0 Å². The molecule has 5 heteroatoms. The standard InChI is InChI=1S/C13H19N3O2/c1-9-6-15(7-10(9)2)8-11-5-12(16(17)18)3-4-13(11)14/h3-5,9-10H,6-8,14H2,1-2H3. The Labute approximate surface area is 107 Å². The molecule has 1 saturated heterocycles. The molecule has 0 saturated carbocycles. The zero-order chi connectivity index (χ0) is 13.3. The molecule has 0 radical (unpaired) electrons. The smallest absolute Gasteiger partial charge is 0.269 e. The molecule has 0 bridgehead atoms. The van der Waals surface area contributed by atoms with Crippen LogP contribution in [0.1, 0.15) is 19.4 Å². The lowest BCUT2D eigenvalue weighted by molar-refractivity contribution is -0.384. The topological polar surface area (TPSA) is 72.4 Å². The van der Waals surface area contributed by atoms with E-state index in [0.29, 0.717) is 24.1 Å². The number of hydrogen-bond donors (Lipinski definition) is 1. The average Bonchev–Trinajstić information content (AvgIpc) is 2.61. The largest absolute Gasteiger partial charge is 0.398 e. The SMILES string of the molecule is CC1CN(Cc2cc([N+](=O)[O-])ccc2N)CC1C. The van der Waals surface area contributed by atoms with E-state index in [2.05, 4.69) is 18.7 Å². The van der Waals surface area contributed by atoms with Crippen LogP contribution in [0.5, 0.6) is 0 Å². The highest BCUT2D eigenvalue weighted by Crippen LogP contribution is 2.26. The third-order valence-corrected chi connectivity index (χ3v) is 3.80. The van der Waals surface area contributed by atoms with Gasteiger partial charge in [0.1, 0.15) is 0 Å². The van der Waals surface area contributed by atoms with Crippen molar-refractivity contribution in [3.8, 4) is 0 Å². The Morgan fingerprint density at radius 3 is 2.56 bits per heavy atom. The van der Waals surface area contributed by atoms with Gasteiger partial charge in [0, 0.05) is 37.5 Å². The van der Waals surface area contributed by atoms with Gasteiger partial charge in [-0.05, 0) is 23.5 Å². The van der Waals surface area contributed by atoms with Crippen molar-refractivity contribution in [3.05, 3.63) is 33.9 Å². The van der Waals surface area contributed by atoms with E-state index < -0.39 is 0 Å². The number of rotatable bonds is 3. The van der Waals surface area contributed by atoms with Crippen molar-refractivity contribution in [2.75, 3.05) is 18.8 Å². The minimum Gasteiger partial charge on any atom is -0.398 e. The molecule has 0 spiro atoms. The minimum atomic E-state index is -0.377. The highest BCUT2D eigenvalue weighted by Gasteiger charge is 2.26. The van der Waals surface area contributed by atoms with E-state index in [-0.39, 0.29) is 10.6 Å². The van der Waals surface area contributed by atoms with Crippen molar-refractivity contribution in [2.45, 2.75) is 20.4 Å². The summed E-state index contributed by atoms with van der Waals surface area (Å²) in [5.74, 6) is 1.34. The lowest BCUT2D eigenvalue weighted by Gasteiger charge is -2.16. The van der Waals surface area contributed by atoms with E-state index in [1.807, 2.05) is 0 Å². The second kappa shape index (κ2) is 4.94. The number of hydrogen-bond acceptors (Lipinski definition) is 4. The molecule has 0 amide bonds. The number of nitrogen functional groups attached to an aromatic ring is 1. The predicted octanol–water partition coefficient (Wildman–Crippen LogP) is 2.26. The first-order chi connectivity index (χ1) is 8.47. The monoisotopic (exact) mass is 249 g/mol. The Balaban J connectivity index is 2.14. The van der Waals surface area contributed by atoms with Gasteiger partial charge in [-0.1, -0.05) is 13.8 Å². The van der Waals surface area contributed by atoms with Gasteiger partial charge in [0.15, 0.2) is 0 Å². The Bertz CT molecular complexity index is 452. The number of nitro groups is 1. The van der Waals surface area contributed by atoms with Crippen LogP contribution < -0.4 is 5.73 Å². The molecule has 1 aliphatic heterocycles. The van der Waals surface area contributed by atoms with Crippen LogP contribution in [0.4, 0.5) is 11.4 Å². The quantitative estimate of drug-likeness (QED) is 0.506. The molecule has 1 aromatic rings. The fraction of sp³-hybridized carbons (Fsp3) is 0.538. The molecule has 1 aliphatic rings. The lowest BCUT2D eigenvalue weighted by Crippen LogP contribution is -2.20. The highest BCUT2D eigenvalue weighted by molar-refractivity contribution is 5.52. The van der Waals surface area contributed by atoms with Crippen LogP contribution in [0.15, 0.2) is 18.2 Å². The summed E-state index contributed by atoms with van der Waals surface area (Å²) in [6.45, 7) is 7.23. The number of benzene rings is 1. The highest BCUT2D eigenvalue weighted by atomic mass is 16.6. The first-order valence-corrected chi connectivity index (χ1v) is 6.22. The van der Waals surface area contributed by atoms with Crippen molar-refractivity contribution in [1.29, 1.82) is 0 Å². The van der Waals surface area contributed by atoms with Gasteiger partial charge in [0.05, 0.1) is 4.92 Å². The minimum absolute atomic E-state index is 0.111. The van der Waals surface area contributed by atoms with E-state index in [1.165, 1.54) is 6.07 Å². The van der Waals surface area contributed by atoms with Gasteiger partial charge in [-0.2, -0.15) is 0 Å². The van der Waals surface area contributed by atoms with Gasteiger partial charge in [0.2, 0.25) is 0 Å². The van der Waals surface area contributed by atoms with Crippen LogP contribution in [0.3, 0.4) is 0 Å². The molecule has 5 nitrogen and oxygen atoms in total. The average molecular weight is 249 g/mol. The molecule has 98 valence electrons. The number of likely N-dealkylation sites (tertiary alicyclic amines) is 1. The molecule has 2 atom stereocenters. The molecular formula is C13H19N3O2. The first kappa shape index (κ1) is 12.8. The summed E-state index contributed by atoms with van der Waals surface area (Å²) in [5, 5.41) is 10.8. The number of nitrogens with zero attached hydrogens (tertiary/aromatic N) is 2. The number of non-ortho nitro benzene ring substituents is 1. The van der Waals surface area contributed by atoms with Crippen molar-refractivity contribution in [3.63, 3.8) is 0 Å². The third-order valence-electron chi connectivity index (χ3n) is 3.80.